The summed E-state index contributed by atoms with van der Waals surface area (Å²) in [5, 5.41) is 10.6. The molecular formula is C30H29N7O6. The lowest BCUT2D eigenvalue weighted by Crippen LogP contribution is -2.39. The molecule has 6 rings (SSSR count). The lowest BCUT2D eigenvalue weighted by atomic mass is 10.1. The Morgan fingerprint density at radius 2 is 1.86 bits per heavy atom. The zero-order valence-electron chi connectivity index (χ0n) is 23.6. The second-order valence-corrected chi connectivity index (χ2v) is 10.6. The van der Waals surface area contributed by atoms with Crippen molar-refractivity contribution < 1.29 is 28.7 Å². The Labute approximate surface area is 246 Å². The molecule has 0 unspecified atom stereocenters. The maximum absolute atomic E-state index is 13.5. The third-order valence-electron chi connectivity index (χ3n) is 7.32. The van der Waals surface area contributed by atoms with Crippen molar-refractivity contribution in [2.75, 3.05) is 12.1 Å². The van der Waals surface area contributed by atoms with Crippen molar-refractivity contribution in [1.29, 1.82) is 0 Å². The van der Waals surface area contributed by atoms with E-state index in [1.807, 2.05) is 13.8 Å². The number of pyridine rings is 1. The monoisotopic (exact) mass is 583 g/mol. The molecule has 13 nitrogen and oxygen atoms in total. The predicted octanol–water partition coefficient (Wildman–Crippen LogP) is 3.93. The number of carbonyl (C=O) groups excluding carboxylic acids is 4. The standard InChI is InChI=1S/C30H29N7O6/c1-17-5-6-19(28(39)37(22-9-10-22)30(41)43-16-42-29(40)20-4-3-11-31-13-20)12-24(17)35-26-25-18(2)23(14-36(25)33-15-32-26)27(38)34-21-7-8-21/h3-6,11-15,21-22H,7-10,16H2,1-2H3,(H,34,38)(H,32,33,35). The number of anilines is 2. The molecule has 2 fully saturated rings. The quantitative estimate of drug-likeness (QED) is 0.218. The largest absolute Gasteiger partial charge is 0.424 e. The Balaban J connectivity index is 1.18. The summed E-state index contributed by atoms with van der Waals surface area (Å²) in [5.41, 5.74) is 3.74. The van der Waals surface area contributed by atoms with Gasteiger partial charge in [0.25, 0.3) is 11.8 Å². The van der Waals surface area contributed by atoms with Gasteiger partial charge in [-0.05, 0) is 74.9 Å². The Morgan fingerprint density at radius 1 is 1.05 bits per heavy atom. The number of hydrogen-bond acceptors (Lipinski definition) is 10. The third-order valence-corrected chi connectivity index (χ3v) is 7.32. The maximum atomic E-state index is 13.5. The SMILES string of the molecule is Cc1ccc(C(=O)N(C(=O)OCOC(=O)c2cccnc2)C2CC2)cc1Nc1ncnn2cc(C(=O)NC3CC3)c(C)c12. The first kappa shape index (κ1) is 27.8. The molecule has 3 aromatic heterocycles. The number of aromatic nitrogens is 4. The molecule has 1 aromatic carbocycles. The smallest absolute Gasteiger partial charge is 0.419 e. The first-order valence-electron chi connectivity index (χ1n) is 13.9. The zero-order valence-corrected chi connectivity index (χ0v) is 23.6. The molecule has 3 heterocycles. The summed E-state index contributed by atoms with van der Waals surface area (Å²) >= 11 is 0. The van der Waals surface area contributed by atoms with Crippen molar-refractivity contribution in [3.8, 4) is 0 Å². The molecule has 4 aromatic rings. The van der Waals surface area contributed by atoms with E-state index in [9.17, 15) is 19.2 Å². The zero-order chi connectivity index (χ0) is 30.1. The van der Waals surface area contributed by atoms with E-state index in [1.54, 1.807) is 35.0 Å². The lowest BCUT2D eigenvalue weighted by Gasteiger charge is -2.20. The van der Waals surface area contributed by atoms with Gasteiger partial charge < -0.3 is 20.1 Å². The summed E-state index contributed by atoms with van der Waals surface area (Å²) in [4.78, 5) is 60.7. The molecule has 0 saturated heterocycles. The molecule has 13 heteroatoms. The fourth-order valence-corrected chi connectivity index (χ4v) is 4.63. The molecule has 0 bridgehead atoms. The summed E-state index contributed by atoms with van der Waals surface area (Å²) in [6, 6.07) is 8.05. The maximum Gasteiger partial charge on any atom is 0.419 e. The van der Waals surface area contributed by atoms with Crippen LogP contribution in [0.25, 0.3) is 5.52 Å². The van der Waals surface area contributed by atoms with Gasteiger partial charge in [0, 0.05) is 41.9 Å². The van der Waals surface area contributed by atoms with Gasteiger partial charge in [-0.15, -0.1) is 0 Å². The summed E-state index contributed by atoms with van der Waals surface area (Å²) in [7, 11) is 0. The van der Waals surface area contributed by atoms with Crippen LogP contribution >= 0.6 is 0 Å². The summed E-state index contributed by atoms with van der Waals surface area (Å²) < 4.78 is 11.7. The minimum absolute atomic E-state index is 0.154. The van der Waals surface area contributed by atoms with Crippen molar-refractivity contribution in [3.05, 3.63) is 83.1 Å². The van der Waals surface area contributed by atoms with E-state index in [1.165, 1.54) is 24.8 Å². The van der Waals surface area contributed by atoms with Crippen molar-refractivity contribution in [2.24, 2.45) is 0 Å². The molecular weight excluding hydrogens is 554 g/mol. The normalized spacial score (nSPS) is 14.2. The Morgan fingerprint density at radius 3 is 2.58 bits per heavy atom. The summed E-state index contributed by atoms with van der Waals surface area (Å²) in [5.74, 6) is -0.939. The highest BCUT2D eigenvalue weighted by atomic mass is 16.7. The van der Waals surface area contributed by atoms with Gasteiger partial charge in [0.05, 0.1) is 11.1 Å². The topological polar surface area (TPSA) is 157 Å². The van der Waals surface area contributed by atoms with E-state index in [0.29, 0.717) is 35.4 Å². The second-order valence-electron chi connectivity index (χ2n) is 10.6. The predicted molar refractivity (Wildman–Crippen MR) is 153 cm³/mol. The Kier molecular flexibility index (Phi) is 7.45. The first-order chi connectivity index (χ1) is 20.8. The molecule has 3 amide bonds. The average molecular weight is 584 g/mol. The molecule has 2 aliphatic rings. The number of imide groups is 1. The number of carbonyl (C=O) groups is 4. The van der Waals surface area contributed by atoms with E-state index >= 15 is 0 Å². The lowest BCUT2D eigenvalue weighted by molar-refractivity contribution is -0.0111. The van der Waals surface area contributed by atoms with E-state index < -0.39 is 24.8 Å². The van der Waals surface area contributed by atoms with Crippen molar-refractivity contribution >= 4 is 40.9 Å². The minimum atomic E-state index is -0.903. The molecule has 220 valence electrons. The molecule has 2 saturated carbocycles. The van der Waals surface area contributed by atoms with Gasteiger partial charge in [0.2, 0.25) is 6.79 Å². The summed E-state index contributed by atoms with van der Waals surface area (Å²) in [6.45, 7) is 3.06. The second kappa shape index (κ2) is 11.5. The van der Waals surface area contributed by atoms with Crippen molar-refractivity contribution in [2.45, 2.75) is 51.6 Å². The van der Waals surface area contributed by atoms with Gasteiger partial charge in [-0.3, -0.25) is 14.6 Å². The number of nitrogens with zero attached hydrogens (tertiary/aromatic N) is 5. The van der Waals surface area contributed by atoms with Gasteiger partial charge in [-0.25, -0.2) is 24.0 Å². The van der Waals surface area contributed by atoms with Crippen LogP contribution in [0.1, 0.15) is 67.9 Å². The fourth-order valence-electron chi connectivity index (χ4n) is 4.63. The fraction of sp³-hybridized carbons (Fsp3) is 0.300. The molecule has 2 aliphatic carbocycles. The number of fused-ring (bicyclic) bond motifs is 1. The van der Waals surface area contributed by atoms with Crippen LogP contribution in [0.2, 0.25) is 0 Å². The molecule has 0 radical (unpaired) electrons. The highest BCUT2D eigenvalue weighted by Gasteiger charge is 2.39. The van der Waals surface area contributed by atoms with Crippen LogP contribution in [0.3, 0.4) is 0 Å². The number of ether oxygens (including phenoxy) is 2. The first-order valence-corrected chi connectivity index (χ1v) is 13.9. The van der Waals surface area contributed by atoms with E-state index in [4.69, 9.17) is 9.47 Å². The van der Waals surface area contributed by atoms with Crippen LogP contribution < -0.4 is 10.6 Å². The number of rotatable bonds is 9. The van der Waals surface area contributed by atoms with Crippen LogP contribution in [0.15, 0.2) is 55.2 Å². The Bertz CT molecular complexity index is 1730. The molecule has 0 atom stereocenters. The third kappa shape index (κ3) is 6.01. The summed E-state index contributed by atoms with van der Waals surface area (Å²) in [6.07, 6.45) is 8.27. The van der Waals surface area contributed by atoms with Gasteiger partial charge in [0.15, 0.2) is 5.82 Å². The van der Waals surface area contributed by atoms with Crippen molar-refractivity contribution in [1.82, 2.24) is 29.8 Å². The van der Waals surface area contributed by atoms with Crippen LogP contribution in [0, 0.1) is 13.8 Å². The highest BCUT2D eigenvalue weighted by molar-refractivity contribution is 6.04. The van der Waals surface area contributed by atoms with Gasteiger partial charge >= 0.3 is 12.1 Å². The van der Waals surface area contributed by atoms with E-state index in [0.717, 1.165) is 28.9 Å². The van der Waals surface area contributed by atoms with Gasteiger partial charge in [-0.1, -0.05) is 6.07 Å². The number of esters is 1. The number of aryl methyl sites for hydroxylation is 2. The highest BCUT2D eigenvalue weighted by Crippen LogP contribution is 2.31. The van der Waals surface area contributed by atoms with Gasteiger partial charge in [0.1, 0.15) is 11.8 Å². The minimum Gasteiger partial charge on any atom is -0.424 e. The number of benzene rings is 1. The van der Waals surface area contributed by atoms with Crippen LogP contribution in [0.5, 0.6) is 0 Å². The number of nitrogens with one attached hydrogen (secondary N) is 2. The van der Waals surface area contributed by atoms with Crippen molar-refractivity contribution in [3.63, 3.8) is 0 Å². The van der Waals surface area contributed by atoms with Crippen LogP contribution in [-0.4, -0.2) is 67.2 Å². The van der Waals surface area contributed by atoms with Gasteiger partial charge in [-0.2, -0.15) is 5.10 Å². The molecule has 0 aliphatic heterocycles. The van der Waals surface area contributed by atoms with E-state index in [-0.39, 0.29) is 29.1 Å². The average Bonchev–Trinajstić information content (AvgIpc) is 3.95. The molecule has 0 spiro atoms. The van der Waals surface area contributed by atoms with Crippen LogP contribution in [0.4, 0.5) is 16.3 Å². The van der Waals surface area contributed by atoms with E-state index in [2.05, 4.69) is 25.7 Å². The molecule has 43 heavy (non-hydrogen) atoms. The molecule has 2 N–H and O–H groups in total. The number of hydrogen-bond donors (Lipinski definition) is 2. The Hall–Kier alpha value is -5.33. The van der Waals surface area contributed by atoms with Crippen LogP contribution in [-0.2, 0) is 9.47 Å². The number of amides is 3.